The SMILES string of the molecule is CCN(C(C)C)C(C)Cc1c[nH]c2ccc3c(c12)CCCO3. The van der Waals surface area contributed by atoms with E-state index < -0.39 is 0 Å². The number of aromatic amines is 1. The highest BCUT2D eigenvalue weighted by molar-refractivity contribution is 5.89. The van der Waals surface area contributed by atoms with Crippen molar-refractivity contribution >= 4 is 10.9 Å². The third kappa shape index (κ3) is 2.74. The number of benzene rings is 1. The van der Waals surface area contributed by atoms with E-state index in [4.69, 9.17) is 4.74 Å². The second-order valence-electron chi connectivity index (χ2n) is 6.71. The molecule has 1 aromatic carbocycles. The number of aryl methyl sites for hydroxylation is 1. The Morgan fingerprint density at radius 3 is 2.82 bits per heavy atom. The summed E-state index contributed by atoms with van der Waals surface area (Å²) in [5.41, 5.74) is 4.09. The maximum atomic E-state index is 5.84. The molecule has 1 aliphatic rings. The van der Waals surface area contributed by atoms with Gasteiger partial charge < -0.3 is 9.72 Å². The molecule has 0 fully saturated rings. The molecule has 0 aliphatic carbocycles. The van der Waals surface area contributed by atoms with E-state index in [2.05, 4.69) is 55.9 Å². The summed E-state index contributed by atoms with van der Waals surface area (Å²) < 4.78 is 5.84. The Labute approximate surface area is 133 Å². The van der Waals surface area contributed by atoms with Gasteiger partial charge in [-0.15, -0.1) is 0 Å². The lowest BCUT2D eigenvalue weighted by Crippen LogP contribution is -2.39. The van der Waals surface area contributed by atoms with Crippen molar-refractivity contribution in [1.82, 2.24) is 9.88 Å². The lowest BCUT2D eigenvalue weighted by Gasteiger charge is -2.31. The van der Waals surface area contributed by atoms with E-state index in [1.54, 1.807) is 0 Å². The van der Waals surface area contributed by atoms with Crippen LogP contribution < -0.4 is 4.74 Å². The molecule has 3 nitrogen and oxygen atoms in total. The highest BCUT2D eigenvalue weighted by Crippen LogP contribution is 2.34. The van der Waals surface area contributed by atoms with Gasteiger partial charge in [0.15, 0.2) is 0 Å². The molecule has 3 rings (SSSR count). The molecule has 1 N–H and O–H groups in total. The number of likely N-dealkylation sites (N-methyl/N-ethyl adjacent to an activating group) is 1. The molecule has 2 aromatic rings. The molecule has 22 heavy (non-hydrogen) atoms. The number of nitrogens with one attached hydrogen (secondary N) is 1. The zero-order chi connectivity index (χ0) is 15.7. The van der Waals surface area contributed by atoms with Gasteiger partial charge in [-0.1, -0.05) is 6.92 Å². The van der Waals surface area contributed by atoms with Crippen LogP contribution in [0.15, 0.2) is 18.3 Å². The van der Waals surface area contributed by atoms with Crippen molar-refractivity contribution in [3.8, 4) is 5.75 Å². The van der Waals surface area contributed by atoms with Gasteiger partial charge in [-0.05, 0) is 64.3 Å². The molecule has 0 bridgehead atoms. The molecule has 1 aliphatic heterocycles. The number of nitrogens with zero attached hydrogens (tertiary/aromatic N) is 1. The summed E-state index contributed by atoms with van der Waals surface area (Å²) in [5, 5.41) is 1.41. The van der Waals surface area contributed by atoms with Crippen molar-refractivity contribution < 1.29 is 4.74 Å². The second-order valence-corrected chi connectivity index (χ2v) is 6.71. The van der Waals surface area contributed by atoms with E-state index >= 15 is 0 Å². The molecule has 2 heterocycles. The first kappa shape index (κ1) is 15.4. The van der Waals surface area contributed by atoms with Crippen LogP contribution >= 0.6 is 0 Å². The molecular formula is C19H28N2O. The zero-order valence-corrected chi connectivity index (χ0v) is 14.3. The van der Waals surface area contributed by atoms with Crippen LogP contribution in [0, 0.1) is 0 Å². The minimum atomic E-state index is 0.546. The lowest BCUT2D eigenvalue weighted by molar-refractivity contribution is 0.173. The molecular weight excluding hydrogens is 272 g/mol. The van der Waals surface area contributed by atoms with E-state index in [-0.39, 0.29) is 0 Å². The minimum Gasteiger partial charge on any atom is -0.493 e. The first-order chi connectivity index (χ1) is 10.6. The number of H-pyrrole nitrogens is 1. The Bertz CT molecular complexity index is 644. The molecule has 0 saturated heterocycles. The standard InChI is InChI=1S/C19H28N2O/c1-5-21(13(2)3)14(4)11-15-12-20-17-8-9-18-16(19(15)17)7-6-10-22-18/h8-9,12-14,20H,5-7,10-11H2,1-4H3. The Balaban J connectivity index is 1.94. The van der Waals surface area contributed by atoms with Gasteiger partial charge in [0, 0.05) is 34.7 Å². The molecule has 0 saturated carbocycles. The Morgan fingerprint density at radius 1 is 1.27 bits per heavy atom. The fourth-order valence-corrected chi connectivity index (χ4v) is 3.95. The molecule has 3 heteroatoms. The third-order valence-electron chi connectivity index (χ3n) is 4.93. The topological polar surface area (TPSA) is 28.3 Å². The van der Waals surface area contributed by atoms with Gasteiger partial charge in [-0.3, -0.25) is 4.90 Å². The first-order valence-electron chi connectivity index (χ1n) is 8.62. The van der Waals surface area contributed by atoms with Crippen molar-refractivity contribution in [1.29, 1.82) is 0 Å². The van der Waals surface area contributed by atoms with Crippen LogP contribution in [-0.4, -0.2) is 35.1 Å². The highest BCUT2D eigenvalue weighted by atomic mass is 16.5. The fraction of sp³-hybridized carbons (Fsp3) is 0.579. The first-order valence-corrected chi connectivity index (χ1v) is 8.62. The van der Waals surface area contributed by atoms with Crippen molar-refractivity contribution in [3.63, 3.8) is 0 Å². The van der Waals surface area contributed by atoms with Crippen LogP contribution in [0.5, 0.6) is 5.75 Å². The lowest BCUT2D eigenvalue weighted by atomic mass is 9.96. The highest BCUT2D eigenvalue weighted by Gasteiger charge is 2.20. The predicted octanol–water partition coefficient (Wildman–Crippen LogP) is 4.15. The van der Waals surface area contributed by atoms with Gasteiger partial charge in [-0.25, -0.2) is 0 Å². The number of hydrogen-bond donors (Lipinski definition) is 1. The molecule has 1 atom stereocenters. The smallest absolute Gasteiger partial charge is 0.123 e. The van der Waals surface area contributed by atoms with E-state index in [1.807, 2.05) is 0 Å². The maximum Gasteiger partial charge on any atom is 0.123 e. The van der Waals surface area contributed by atoms with Gasteiger partial charge in [0.2, 0.25) is 0 Å². The van der Waals surface area contributed by atoms with E-state index in [0.717, 1.165) is 38.2 Å². The van der Waals surface area contributed by atoms with Crippen molar-refractivity contribution in [3.05, 3.63) is 29.5 Å². The van der Waals surface area contributed by atoms with E-state index in [1.165, 1.54) is 22.0 Å². The summed E-state index contributed by atoms with van der Waals surface area (Å²) in [6.07, 6.45) is 5.54. The quantitative estimate of drug-likeness (QED) is 0.898. The van der Waals surface area contributed by atoms with Crippen molar-refractivity contribution in [2.45, 2.75) is 59.0 Å². The van der Waals surface area contributed by atoms with Gasteiger partial charge in [0.25, 0.3) is 0 Å². The van der Waals surface area contributed by atoms with Crippen LogP contribution in [-0.2, 0) is 12.8 Å². The van der Waals surface area contributed by atoms with Crippen LogP contribution in [0.2, 0.25) is 0 Å². The molecule has 0 spiro atoms. The van der Waals surface area contributed by atoms with Gasteiger partial charge >= 0.3 is 0 Å². The van der Waals surface area contributed by atoms with E-state index in [0.29, 0.717) is 12.1 Å². The number of hydrogen-bond acceptors (Lipinski definition) is 2. The number of ether oxygens (including phenoxy) is 1. The summed E-state index contributed by atoms with van der Waals surface area (Å²) >= 11 is 0. The van der Waals surface area contributed by atoms with Crippen LogP contribution in [0.4, 0.5) is 0 Å². The monoisotopic (exact) mass is 300 g/mol. The summed E-state index contributed by atoms with van der Waals surface area (Å²) in [6, 6.07) is 5.41. The summed E-state index contributed by atoms with van der Waals surface area (Å²) in [6.45, 7) is 11.1. The average molecular weight is 300 g/mol. The second kappa shape index (κ2) is 6.33. The van der Waals surface area contributed by atoms with Gasteiger partial charge in [-0.2, -0.15) is 0 Å². The number of fused-ring (bicyclic) bond motifs is 3. The van der Waals surface area contributed by atoms with Crippen LogP contribution in [0.1, 0.15) is 45.2 Å². The minimum absolute atomic E-state index is 0.546. The average Bonchev–Trinajstić information content (AvgIpc) is 2.91. The Morgan fingerprint density at radius 2 is 2.09 bits per heavy atom. The largest absolute Gasteiger partial charge is 0.493 e. The molecule has 120 valence electrons. The summed E-state index contributed by atoms with van der Waals surface area (Å²) in [5.74, 6) is 1.09. The Kier molecular flexibility index (Phi) is 4.44. The Hall–Kier alpha value is -1.48. The van der Waals surface area contributed by atoms with Crippen LogP contribution in [0.3, 0.4) is 0 Å². The number of aromatic nitrogens is 1. The summed E-state index contributed by atoms with van der Waals surface area (Å²) in [7, 11) is 0. The molecule has 0 radical (unpaired) electrons. The normalized spacial score (nSPS) is 16.1. The zero-order valence-electron chi connectivity index (χ0n) is 14.3. The summed E-state index contributed by atoms with van der Waals surface area (Å²) in [4.78, 5) is 6.02. The van der Waals surface area contributed by atoms with Crippen molar-refractivity contribution in [2.24, 2.45) is 0 Å². The van der Waals surface area contributed by atoms with Crippen LogP contribution in [0.25, 0.3) is 10.9 Å². The molecule has 1 aromatic heterocycles. The van der Waals surface area contributed by atoms with E-state index in [9.17, 15) is 0 Å². The van der Waals surface area contributed by atoms with Gasteiger partial charge in [0.1, 0.15) is 5.75 Å². The molecule has 0 amide bonds. The fourth-order valence-electron chi connectivity index (χ4n) is 3.95. The third-order valence-corrected chi connectivity index (χ3v) is 4.93. The number of rotatable bonds is 5. The van der Waals surface area contributed by atoms with Gasteiger partial charge in [0.05, 0.1) is 6.61 Å². The maximum absolute atomic E-state index is 5.84. The molecule has 1 unspecified atom stereocenters. The van der Waals surface area contributed by atoms with Crippen molar-refractivity contribution in [2.75, 3.05) is 13.2 Å². The predicted molar refractivity (Wildman–Crippen MR) is 92.8 cm³/mol.